The topological polar surface area (TPSA) is 101 Å². The van der Waals surface area contributed by atoms with Crippen molar-refractivity contribution in [1.29, 1.82) is 0 Å². The first-order valence-corrected chi connectivity index (χ1v) is 5.55. The van der Waals surface area contributed by atoms with Crippen molar-refractivity contribution in [3.63, 3.8) is 0 Å². The number of hydrogen-bond acceptors (Lipinski definition) is 3. The molecular weight excluding hydrogens is 222 g/mol. The molecule has 0 aromatic rings. The van der Waals surface area contributed by atoms with E-state index in [0.29, 0.717) is 18.4 Å². The number of rotatable bonds is 4. The Bertz CT molecular complexity index is 411. The third-order valence-electron chi connectivity index (χ3n) is 3.33. The summed E-state index contributed by atoms with van der Waals surface area (Å²) in [5.74, 6) is -2.96. The first-order chi connectivity index (χ1) is 7.88. The molecule has 0 saturated heterocycles. The van der Waals surface area contributed by atoms with Gasteiger partial charge in [0.2, 0.25) is 0 Å². The molecule has 2 atom stereocenters. The standard InChI is InChI=1S/C12H17NO4/c1-3-8-7(10(14)15)5-6-9(11(16)17)12(8,13)4-2/h5-6,9H,3-4,13H2,1-2H3,(H,14,15)(H,16,17). The van der Waals surface area contributed by atoms with E-state index in [-0.39, 0.29) is 5.57 Å². The predicted molar refractivity (Wildman–Crippen MR) is 62.4 cm³/mol. The highest BCUT2D eigenvalue weighted by atomic mass is 16.4. The van der Waals surface area contributed by atoms with E-state index in [4.69, 9.17) is 15.9 Å². The number of carboxylic acid groups (broad SMARTS) is 2. The first-order valence-electron chi connectivity index (χ1n) is 5.55. The molecule has 0 bridgehead atoms. The number of nitrogens with two attached hydrogens (primary N) is 1. The molecule has 2 unspecified atom stereocenters. The van der Waals surface area contributed by atoms with Gasteiger partial charge in [-0.25, -0.2) is 4.79 Å². The number of hydrogen-bond donors (Lipinski definition) is 3. The van der Waals surface area contributed by atoms with Crippen molar-refractivity contribution < 1.29 is 19.8 Å². The van der Waals surface area contributed by atoms with Crippen molar-refractivity contribution in [2.24, 2.45) is 11.7 Å². The van der Waals surface area contributed by atoms with Gasteiger partial charge in [-0.05, 0) is 18.4 Å². The van der Waals surface area contributed by atoms with Gasteiger partial charge in [0, 0.05) is 0 Å². The van der Waals surface area contributed by atoms with Crippen LogP contribution < -0.4 is 5.73 Å². The fourth-order valence-electron chi connectivity index (χ4n) is 2.36. The van der Waals surface area contributed by atoms with Gasteiger partial charge in [0.15, 0.2) is 0 Å². The molecule has 0 radical (unpaired) electrons. The molecule has 1 aliphatic rings. The van der Waals surface area contributed by atoms with E-state index < -0.39 is 23.4 Å². The lowest BCUT2D eigenvalue weighted by molar-refractivity contribution is -0.142. The van der Waals surface area contributed by atoms with Crippen LogP contribution in [-0.4, -0.2) is 27.7 Å². The van der Waals surface area contributed by atoms with Crippen LogP contribution in [-0.2, 0) is 9.59 Å². The van der Waals surface area contributed by atoms with Crippen molar-refractivity contribution in [2.45, 2.75) is 32.2 Å². The molecule has 0 aromatic heterocycles. The Morgan fingerprint density at radius 2 is 2.00 bits per heavy atom. The van der Waals surface area contributed by atoms with E-state index in [1.54, 1.807) is 13.8 Å². The molecule has 0 heterocycles. The van der Waals surface area contributed by atoms with Gasteiger partial charge in [0.1, 0.15) is 0 Å². The zero-order chi connectivity index (χ0) is 13.2. The third kappa shape index (κ3) is 2.10. The van der Waals surface area contributed by atoms with Crippen molar-refractivity contribution in [2.75, 3.05) is 0 Å². The average molecular weight is 239 g/mol. The first kappa shape index (κ1) is 13.4. The van der Waals surface area contributed by atoms with Gasteiger partial charge in [-0.1, -0.05) is 26.0 Å². The van der Waals surface area contributed by atoms with Gasteiger partial charge in [0.25, 0.3) is 0 Å². The summed E-state index contributed by atoms with van der Waals surface area (Å²) in [6.45, 7) is 3.55. The summed E-state index contributed by atoms with van der Waals surface area (Å²) >= 11 is 0. The summed E-state index contributed by atoms with van der Waals surface area (Å²) < 4.78 is 0. The summed E-state index contributed by atoms with van der Waals surface area (Å²) in [7, 11) is 0. The van der Waals surface area contributed by atoms with E-state index >= 15 is 0 Å². The average Bonchev–Trinajstić information content (AvgIpc) is 2.27. The Morgan fingerprint density at radius 3 is 2.35 bits per heavy atom. The second-order valence-corrected chi connectivity index (χ2v) is 4.12. The minimum atomic E-state index is -1.11. The molecule has 0 aromatic carbocycles. The highest BCUT2D eigenvalue weighted by Gasteiger charge is 2.43. The number of carboxylic acids is 2. The largest absolute Gasteiger partial charge is 0.481 e. The molecule has 5 heteroatoms. The van der Waals surface area contributed by atoms with Crippen LogP contribution in [0.1, 0.15) is 26.7 Å². The molecular formula is C12H17NO4. The Balaban J connectivity index is 3.38. The lowest BCUT2D eigenvalue weighted by Gasteiger charge is -2.38. The summed E-state index contributed by atoms with van der Waals surface area (Å²) in [5.41, 5.74) is 5.65. The molecule has 1 aliphatic carbocycles. The molecule has 94 valence electrons. The van der Waals surface area contributed by atoms with Gasteiger partial charge < -0.3 is 15.9 Å². The highest BCUT2D eigenvalue weighted by Crippen LogP contribution is 2.36. The normalized spacial score (nSPS) is 28.3. The Kier molecular flexibility index (Phi) is 3.72. The summed E-state index contributed by atoms with van der Waals surface area (Å²) in [4.78, 5) is 22.3. The van der Waals surface area contributed by atoms with E-state index in [1.165, 1.54) is 12.2 Å². The zero-order valence-electron chi connectivity index (χ0n) is 9.93. The smallest absolute Gasteiger partial charge is 0.335 e. The van der Waals surface area contributed by atoms with Crippen LogP contribution in [0.4, 0.5) is 0 Å². The maximum atomic E-state index is 11.2. The molecule has 0 saturated carbocycles. The van der Waals surface area contributed by atoms with E-state index in [0.717, 1.165) is 0 Å². The third-order valence-corrected chi connectivity index (χ3v) is 3.33. The van der Waals surface area contributed by atoms with Gasteiger partial charge in [-0.3, -0.25) is 4.79 Å². The minimum Gasteiger partial charge on any atom is -0.481 e. The lowest BCUT2D eigenvalue weighted by atomic mass is 9.70. The molecule has 0 aliphatic heterocycles. The number of aliphatic carboxylic acids is 2. The Morgan fingerprint density at radius 1 is 1.41 bits per heavy atom. The molecule has 0 fully saturated rings. The molecule has 5 nitrogen and oxygen atoms in total. The van der Waals surface area contributed by atoms with Gasteiger partial charge in [-0.2, -0.15) is 0 Å². The number of carbonyl (C=O) groups is 2. The van der Waals surface area contributed by atoms with Crippen LogP contribution in [0.2, 0.25) is 0 Å². The van der Waals surface area contributed by atoms with Crippen molar-refractivity contribution in [3.8, 4) is 0 Å². The maximum absolute atomic E-state index is 11.2. The summed E-state index contributed by atoms with van der Waals surface area (Å²) in [6, 6.07) is 0. The van der Waals surface area contributed by atoms with Crippen LogP contribution in [0.15, 0.2) is 23.3 Å². The highest BCUT2D eigenvalue weighted by molar-refractivity contribution is 5.93. The molecule has 17 heavy (non-hydrogen) atoms. The second kappa shape index (κ2) is 4.71. The zero-order valence-corrected chi connectivity index (χ0v) is 9.93. The van der Waals surface area contributed by atoms with Gasteiger partial charge in [0.05, 0.1) is 17.0 Å². The molecule has 1 rings (SSSR count). The van der Waals surface area contributed by atoms with Crippen LogP contribution in [0.3, 0.4) is 0 Å². The van der Waals surface area contributed by atoms with E-state index in [1.807, 2.05) is 0 Å². The molecule has 0 spiro atoms. The Hall–Kier alpha value is -1.62. The molecule has 0 amide bonds. The van der Waals surface area contributed by atoms with Crippen molar-refractivity contribution in [3.05, 3.63) is 23.3 Å². The van der Waals surface area contributed by atoms with E-state index in [2.05, 4.69) is 0 Å². The van der Waals surface area contributed by atoms with Crippen molar-refractivity contribution >= 4 is 11.9 Å². The quantitative estimate of drug-likeness (QED) is 0.683. The van der Waals surface area contributed by atoms with Gasteiger partial charge >= 0.3 is 11.9 Å². The maximum Gasteiger partial charge on any atom is 0.335 e. The van der Waals surface area contributed by atoms with Crippen LogP contribution in [0.25, 0.3) is 0 Å². The van der Waals surface area contributed by atoms with Crippen molar-refractivity contribution in [1.82, 2.24) is 0 Å². The van der Waals surface area contributed by atoms with Crippen LogP contribution >= 0.6 is 0 Å². The fraction of sp³-hybridized carbons (Fsp3) is 0.500. The lowest BCUT2D eigenvalue weighted by Crippen LogP contribution is -2.52. The minimum absolute atomic E-state index is 0.120. The fourth-order valence-corrected chi connectivity index (χ4v) is 2.36. The van der Waals surface area contributed by atoms with E-state index in [9.17, 15) is 9.59 Å². The predicted octanol–water partition coefficient (Wildman–Crippen LogP) is 1.16. The summed E-state index contributed by atoms with van der Waals surface area (Å²) in [5, 5.41) is 18.2. The molecule has 4 N–H and O–H groups in total. The van der Waals surface area contributed by atoms with Gasteiger partial charge in [-0.15, -0.1) is 0 Å². The Labute approximate surface area is 99.6 Å². The summed E-state index contributed by atoms with van der Waals surface area (Å²) in [6.07, 6.45) is 3.53. The second-order valence-electron chi connectivity index (χ2n) is 4.12. The van der Waals surface area contributed by atoms with Crippen LogP contribution in [0.5, 0.6) is 0 Å². The SMILES string of the molecule is CCC1=C(C(=O)O)C=CC(C(=O)O)C1(N)CC. The van der Waals surface area contributed by atoms with Crippen LogP contribution in [0, 0.1) is 5.92 Å². The monoisotopic (exact) mass is 239 g/mol.